The topological polar surface area (TPSA) is 64.1 Å². The van der Waals surface area contributed by atoms with Crippen molar-refractivity contribution in [3.05, 3.63) is 76.0 Å². The largest absolute Gasteiger partial charge is 0.491 e. The molecule has 1 aromatic carbocycles. The zero-order valence-electron chi connectivity index (χ0n) is 13.7. The molecule has 1 amide bonds. The second-order valence-electron chi connectivity index (χ2n) is 6.04. The highest BCUT2D eigenvalue weighted by molar-refractivity contribution is 7.11. The van der Waals surface area contributed by atoms with Crippen LogP contribution in [0.1, 0.15) is 32.9 Å². The number of hydrogen-bond donors (Lipinski definition) is 1. The Morgan fingerprint density at radius 3 is 2.88 bits per heavy atom. The van der Waals surface area contributed by atoms with E-state index in [1.54, 1.807) is 17.9 Å². The molecular weight excluding hydrogens is 334 g/mol. The first-order valence-corrected chi connectivity index (χ1v) is 8.93. The van der Waals surface area contributed by atoms with E-state index in [0.717, 1.165) is 11.3 Å². The summed E-state index contributed by atoms with van der Waals surface area (Å²) in [4.78, 5) is 22.0. The number of thiazole rings is 1. The molecule has 0 aliphatic carbocycles. The Kier molecular flexibility index (Phi) is 3.97. The van der Waals surface area contributed by atoms with Crippen LogP contribution in [0.3, 0.4) is 0 Å². The minimum Gasteiger partial charge on any atom is -0.491 e. The van der Waals surface area contributed by atoms with Crippen LogP contribution >= 0.6 is 11.3 Å². The van der Waals surface area contributed by atoms with Gasteiger partial charge in [-0.3, -0.25) is 14.8 Å². The number of rotatable bonds is 3. The molecule has 6 heteroatoms. The molecule has 1 atom stereocenters. The lowest BCUT2D eigenvalue weighted by Gasteiger charge is -2.38. The zero-order valence-corrected chi connectivity index (χ0v) is 14.5. The molecule has 3 heterocycles. The fourth-order valence-electron chi connectivity index (χ4n) is 3.16. The normalized spacial score (nSPS) is 18.9. The van der Waals surface area contributed by atoms with Crippen LogP contribution in [0.2, 0.25) is 0 Å². The molecule has 4 rings (SSSR count). The van der Waals surface area contributed by atoms with E-state index in [2.05, 4.69) is 15.3 Å². The van der Waals surface area contributed by atoms with Crippen molar-refractivity contribution in [1.82, 2.24) is 15.3 Å². The van der Waals surface area contributed by atoms with Crippen LogP contribution in [0.5, 0.6) is 5.75 Å². The lowest BCUT2D eigenvalue weighted by molar-refractivity contribution is 0.0887. The summed E-state index contributed by atoms with van der Waals surface area (Å²) < 4.78 is 5.77. The highest BCUT2D eigenvalue weighted by Crippen LogP contribution is 2.40. The molecule has 0 bridgehead atoms. The maximum Gasteiger partial charge on any atom is 0.264 e. The predicted molar refractivity (Wildman–Crippen MR) is 95.9 cm³/mol. The average Bonchev–Trinajstić information content (AvgIpc) is 3.17. The maximum atomic E-state index is 12.8. The predicted octanol–water partition coefficient (Wildman–Crippen LogP) is 3.30. The maximum absolute atomic E-state index is 12.8. The van der Waals surface area contributed by atoms with E-state index in [9.17, 15) is 4.79 Å². The molecule has 0 fully saturated rings. The summed E-state index contributed by atoms with van der Waals surface area (Å²) in [5.41, 5.74) is 3.84. The van der Waals surface area contributed by atoms with Gasteiger partial charge in [0.15, 0.2) is 0 Å². The van der Waals surface area contributed by atoms with Crippen molar-refractivity contribution in [3.8, 4) is 5.75 Å². The van der Waals surface area contributed by atoms with E-state index in [1.165, 1.54) is 16.9 Å². The van der Waals surface area contributed by atoms with E-state index in [1.807, 2.05) is 43.3 Å². The highest BCUT2D eigenvalue weighted by Gasteiger charge is 2.42. The Morgan fingerprint density at radius 1 is 1.28 bits per heavy atom. The number of amides is 1. The second kappa shape index (κ2) is 6.29. The van der Waals surface area contributed by atoms with Crippen LogP contribution in [0.4, 0.5) is 0 Å². The molecule has 126 valence electrons. The number of nitrogens with zero attached hydrogens (tertiary/aromatic N) is 2. The first kappa shape index (κ1) is 15.8. The summed E-state index contributed by atoms with van der Waals surface area (Å²) in [6, 6.07) is 11.9. The van der Waals surface area contributed by atoms with E-state index in [0.29, 0.717) is 23.7 Å². The monoisotopic (exact) mass is 351 g/mol. The Hall–Kier alpha value is -2.73. The lowest BCUT2D eigenvalue weighted by atomic mass is 9.81. The molecule has 0 unspecified atom stereocenters. The third-order valence-corrected chi connectivity index (χ3v) is 5.21. The van der Waals surface area contributed by atoms with Gasteiger partial charge >= 0.3 is 0 Å². The second-order valence-corrected chi connectivity index (χ2v) is 6.93. The molecule has 5 nitrogen and oxygen atoms in total. The average molecular weight is 351 g/mol. The van der Waals surface area contributed by atoms with E-state index < -0.39 is 5.54 Å². The smallest absolute Gasteiger partial charge is 0.264 e. The number of carbonyl (C=O) groups is 1. The highest BCUT2D eigenvalue weighted by atomic mass is 32.1. The number of nitrogens with one attached hydrogen (secondary N) is 1. The molecule has 0 radical (unpaired) electrons. The van der Waals surface area contributed by atoms with Crippen molar-refractivity contribution < 1.29 is 9.53 Å². The van der Waals surface area contributed by atoms with Gasteiger partial charge in [0.25, 0.3) is 5.91 Å². The van der Waals surface area contributed by atoms with E-state index in [4.69, 9.17) is 4.74 Å². The van der Waals surface area contributed by atoms with Gasteiger partial charge in [-0.25, -0.2) is 0 Å². The van der Waals surface area contributed by atoms with Crippen LogP contribution in [0.15, 0.2) is 54.3 Å². The van der Waals surface area contributed by atoms with Crippen molar-refractivity contribution in [1.29, 1.82) is 0 Å². The number of benzene rings is 1. The summed E-state index contributed by atoms with van der Waals surface area (Å²) in [6.45, 7) is 2.55. The number of aromatic nitrogens is 2. The first-order valence-electron chi connectivity index (χ1n) is 8.05. The van der Waals surface area contributed by atoms with E-state index in [-0.39, 0.29) is 5.91 Å². The number of ether oxygens (including phenoxy) is 1. The van der Waals surface area contributed by atoms with Crippen LogP contribution in [0, 0.1) is 6.92 Å². The molecule has 3 aromatic rings. The number of aryl methyl sites for hydroxylation is 1. The minimum atomic E-state index is -0.719. The van der Waals surface area contributed by atoms with Crippen LogP contribution in [-0.4, -0.2) is 22.5 Å². The molecule has 0 saturated heterocycles. The summed E-state index contributed by atoms with van der Waals surface area (Å²) in [6.07, 6.45) is 3.93. The molecule has 0 spiro atoms. The van der Waals surface area contributed by atoms with Gasteiger partial charge in [0.05, 0.1) is 18.3 Å². The van der Waals surface area contributed by atoms with Crippen LogP contribution in [0.25, 0.3) is 0 Å². The fraction of sp³-hybridized carbons (Fsp3) is 0.211. The van der Waals surface area contributed by atoms with Gasteiger partial charge in [0, 0.05) is 12.6 Å². The Balaban J connectivity index is 1.85. The molecule has 25 heavy (non-hydrogen) atoms. The molecule has 1 aliphatic rings. The quantitative estimate of drug-likeness (QED) is 0.786. The van der Waals surface area contributed by atoms with Crippen molar-refractivity contribution in [2.45, 2.75) is 18.9 Å². The summed E-state index contributed by atoms with van der Waals surface area (Å²) >= 11 is 1.32. The number of pyridine rings is 1. The summed E-state index contributed by atoms with van der Waals surface area (Å²) in [5, 5.41) is 3.22. The standard InChI is InChI=1S/C19H17N3O2S/c1-13-4-6-14(7-5-13)19(22-18(23)16-11-20-12-25-16)8-10-24-15-3-2-9-21-17(15)19/h2-7,9,11-12H,8,10H2,1H3,(H,22,23)/t19-/m0/s1. The molecular formula is C19H17N3O2S. The van der Waals surface area contributed by atoms with Gasteiger partial charge < -0.3 is 10.1 Å². The van der Waals surface area contributed by atoms with Crippen molar-refractivity contribution in [3.63, 3.8) is 0 Å². The first-order chi connectivity index (χ1) is 12.2. The third kappa shape index (κ3) is 2.78. The van der Waals surface area contributed by atoms with Crippen LogP contribution in [-0.2, 0) is 5.54 Å². The van der Waals surface area contributed by atoms with Crippen molar-refractivity contribution in [2.75, 3.05) is 6.61 Å². The molecule has 1 N–H and O–H groups in total. The van der Waals surface area contributed by atoms with Gasteiger partial charge in [-0.1, -0.05) is 29.8 Å². The zero-order chi connectivity index (χ0) is 17.3. The minimum absolute atomic E-state index is 0.151. The lowest BCUT2D eigenvalue weighted by Crippen LogP contribution is -2.50. The fourth-order valence-corrected chi connectivity index (χ4v) is 3.67. The van der Waals surface area contributed by atoms with E-state index >= 15 is 0 Å². The van der Waals surface area contributed by atoms with Gasteiger partial charge in [-0.15, -0.1) is 11.3 Å². The number of hydrogen-bond acceptors (Lipinski definition) is 5. The van der Waals surface area contributed by atoms with Gasteiger partial charge in [-0.2, -0.15) is 0 Å². The third-order valence-electron chi connectivity index (χ3n) is 4.44. The molecule has 2 aromatic heterocycles. The van der Waals surface area contributed by atoms with Gasteiger partial charge in [0.1, 0.15) is 21.9 Å². The van der Waals surface area contributed by atoms with Crippen LogP contribution < -0.4 is 10.1 Å². The van der Waals surface area contributed by atoms with Crippen molar-refractivity contribution in [2.24, 2.45) is 0 Å². The number of carbonyl (C=O) groups excluding carboxylic acids is 1. The van der Waals surface area contributed by atoms with Crippen molar-refractivity contribution >= 4 is 17.2 Å². The molecule has 1 aliphatic heterocycles. The SMILES string of the molecule is Cc1ccc([C@@]2(NC(=O)c3cncs3)CCOc3cccnc32)cc1. The molecule has 0 saturated carbocycles. The number of fused-ring (bicyclic) bond motifs is 1. The van der Waals surface area contributed by atoms with Gasteiger partial charge in [-0.05, 0) is 24.6 Å². The van der Waals surface area contributed by atoms with Gasteiger partial charge in [0.2, 0.25) is 0 Å². The Labute approximate surface area is 149 Å². The summed E-state index contributed by atoms with van der Waals surface area (Å²) in [7, 11) is 0. The Bertz CT molecular complexity index is 893. The summed E-state index contributed by atoms with van der Waals surface area (Å²) in [5.74, 6) is 0.556. The Morgan fingerprint density at radius 2 is 2.12 bits per heavy atom.